The molecule has 2 unspecified atom stereocenters. The largest absolute Gasteiger partial charge is 0.307 e. The molecule has 14 heavy (non-hydrogen) atoms. The maximum absolute atomic E-state index is 14.2. The van der Waals surface area contributed by atoms with Crippen LogP contribution in [0.25, 0.3) is 0 Å². The fourth-order valence-corrected chi connectivity index (χ4v) is 4.38. The van der Waals surface area contributed by atoms with E-state index in [9.17, 15) is 13.6 Å². The normalized spacial score (nSPS) is 55.0. The van der Waals surface area contributed by atoms with Crippen LogP contribution in [0.15, 0.2) is 0 Å². The van der Waals surface area contributed by atoms with Gasteiger partial charge in [0.2, 0.25) is 0 Å². The molecule has 0 aromatic rings. The zero-order chi connectivity index (χ0) is 9.97. The van der Waals surface area contributed by atoms with Gasteiger partial charge in [0.25, 0.3) is 0 Å². The van der Waals surface area contributed by atoms with Gasteiger partial charge in [-0.15, -0.1) is 0 Å². The van der Waals surface area contributed by atoms with Crippen LogP contribution >= 0.6 is 0 Å². The maximum atomic E-state index is 14.2. The highest BCUT2D eigenvalue weighted by molar-refractivity contribution is 5.76. The topological polar surface area (TPSA) is 17.1 Å². The Kier molecular flexibility index (Phi) is 1.49. The minimum atomic E-state index is -1.26. The highest BCUT2D eigenvalue weighted by Crippen LogP contribution is 2.63. The molecule has 4 saturated carbocycles. The average Bonchev–Trinajstić information content (AvgIpc) is 1.98. The highest BCUT2D eigenvalue weighted by atomic mass is 19.1. The third-order valence-electron chi connectivity index (χ3n) is 4.41. The SMILES string of the molecule is O=C(F)C12CC3CC(CC(F)(C3)C1)C2. The first-order valence-corrected chi connectivity index (χ1v) is 5.40. The maximum Gasteiger partial charge on any atom is 0.307 e. The molecule has 0 N–H and O–H groups in total. The Morgan fingerprint density at radius 2 is 1.71 bits per heavy atom. The van der Waals surface area contributed by atoms with E-state index in [0.717, 1.165) is 6.42 Å². The molecule has 0 saturated heterocycles. The van der Waals surface area contributed by atoms with Gasteiger partial charge >= 0.3 is 6.04 Å². The number of carbonyl (C=O) groups is 1. The van der Waals surface area contributed by atoms with Gasteiger partial charge in [0.1, 0.15) is 5.67 Å². The van der Waals surface area contributed by atoms with E-state index in [0.29, 0.717) is 25.7 Å². The molecular weight excluding hydrogens is 186 g/mol. The number of rotatable bonds is 1. The van der Waals surface area contributed by atoms with E-state index >= 15 is 0 Å². The molecule has 0 amide bonds. The highest BCUT2D eigenvalue weighted by Gasteiger charge is 2.61. The van der Waals surface area contributed by atoms with Crippen LogP contribution in [0.4, 0.5) is 8.78 Å². The molecule has 3 heteroatoms. The van der Waals surface area contributed by atoms with Crippen LogP contribution in [0.5, 0.6) is 0 Å². The van der Waals surface area contributed by atoms with Crippen LogP contribution in [0, 0.1) is 17.3 Å². The van der Waals surface area contributed by atoms with Crippen molar-refractivity contribution in [2.45, 2.75) is 44.2 Å². The molecule has 2 atom stereocenters. The minimum absolute atomic E-state index is 0.155. The second-order valence-corrected chi connectivity index (χ2v) is 5.67. The number of alkyl halides is 1. The molecule has 0 radical (unpaired) electrons. The Bertz CT molecular complexity index is 286. The Morgan fingerprint density at radius 1 is 1.14 bits per heavy atom. The lowest BCUT2D eigenvalue weighted by Crippen LogP contribution is -2.55. The monoisotopic (exact) mass is 200 g/mol. The fourth-order valence-electron chi connectivity index (χ4n) is 4.38. The first-order valence-electron chi connectivity index (χ1n) is 5.40. The van der Waals surface area contributed by atoms with Crippen LogP contribution < -0.4 is 0 Å². The van der Waals surface area contributed by atoms with Crippen LogP contribution in [0.1, 0.15) is 38.5 Å². The lowest BCUT2D eigenvalue weighted by Gasteiger charge is -2.57. The second-order valence-electron chi connectivity index (χ2n) is 5.67. The van der Waals surface area contributed by atoms with Crippen molar-refractivity contribution in [3.63, 3.8) is 0 Å². The van der Waals surface area contributed by atoms with E-state index in [1.165, 1.54) is 0 Å². The summed E-state index contributed by atoms with van der Waals surface area (Å²) >= 11 is 0. The summed E-state index contributed by atoms with van der Waals surface area (Å²) in [5, 5.41) is 0. The molecule has 78 valence electrons. The van der Waals surface area contributed by atoms with E-state index < -0.39 is 17.1 Å². The fraction of sp³-hybridized carbons (Fsp3) is 0.909. The van der Waals surface area contributed by atoms with Crippen molar-refractivity contribution in [3.05, 3.63) is 0 Å². The summed E-state index contributed by atoms with van der Waals surface area (Å²) in [6, 6.07) is -1.26. The van der Waals surface area contributed by atoms with Gasteiger partial charge in [-0.3, -0.25) is 4.79 Å². The molecule has 4 fully saturated rings. The van der Waals surface area contributed by atoms with Crippen molar-refractivity contribution < 1.29 is 13.6 Å². The van der Waals surface area contributed by atoms with Crippen LogP contribution in [-0.2, 0) is 4.79 Å². The van der Waals surface area contributed by atoms with Crippen LogP contribution in [-0.4, -0.2) is 11.7 Å². The summed E-state index contributed by atoms with van der Waals surface area (Å²) in [4.78, 5) is 11.0. The molecule has 4 bridgehead atoms. The summed E-state index contributed by atoms with van der Waals surface area (Å²) in [5.41, 5.74) is -2.13. The first-order chi connectivity index (χ1) is 6.51. The smallest absolute Gasteiger partial charge is 0.261 e. The number of hydrogen-bond acceptors (Lipinski definition) is 1. The van der Waals surface area contributed by atoms with Gasteiger partial charge in [0.05, 0.1) is 5.41 Å². The van der Waals surface area contributed by atoms with Crippen molar-refractivity contribution in [3.8, 4) is 0 Å². The van der Waals surface area contributed by atoms with Gasteiger partial charge in [-0.05, 0) is 50.4 Å². The third-order valence-corrected chi connectivity index (χ3v) is 4.41. The van der Waals surface area contributed by atoms with E-state index in [4.69, 9.17) is 0 Å². The summed E-state index contributed by atoms with van der Waals surface area (Å²) in [6.45, 7) is 0. The first kappa shape index (κ1) is 8.81. The van der Waals surface area contributed by atoms with Crippen LogP contribution in [0.3, 0.4) is 0 Å². The molecule has 1 nitrogen and oxygen atoms in total. The Labute approximate surface area is 81.9 Å². The van der Waals surface area contributed by atoms with E-state index in [1.807, 2.05) is 0 Å². The van der Waals surface area contributed by atoms with E-state index in [2.05, 4.69) is 0 Å². The number of halogens is 2. The molecular formula is C11H14F2O. The second kappa shape index (κ2) is 2.37. The van der Waals surface area contributed by atoms with Gasteiger partial charge in [-0.2, -0.15) is 4.39 Å². The van der Waals surface area contributed by atoms with Gasteiger partial charge < -0.3 is 0 Å². The molecule has 4 aliphatic rings. The molecule has 0 aromatic heterocycles. The zero-order valence-corrected chi connectivity index (χ0v) is 8.06. The molecule has 0 spiro atoms. The Hall–Kier alpha value is -0.470. The van der Waals surface area contributed by atoms with Crippen LogP contribution in [0.2, 0.25) is 0 Å². The molecule has 4 aliphatic carbocycles. The zero-order valence-electron chi connectivity index (χ0n) is 8.06. The summed E-state index contributed by atoms with van der Waals surface area (Å²) in [6.07, 6.45) is 3.51. The lowest BCUT2D eigenvalue weighted by molar-refractivity contribution is -0.169. The molecule has 0 aliphatic heterocycles. The predicted molar refractivity (Wildman–Crippen MR) is 47.1 cm³/mol. The van der Waals surface area contributed by atoms with E-state index in [-0.39, 0.29) is 18.3 Å². The minimum Gasteiger partial charge on any atom is -0.261 e. The van der Waals surface area contributed by atoms with Crippen molar-refractivity contribution in [2.24, 2.45) is 17.3 Å². The van der Waals surface area contributed by atoms with Gasteiger partial charge in [0, 0.05) is 0 Å². The Morgan fingerprint density at radius 3 is 2.14 bits per heavy atom. The third kappa shape index (κ3) is 1.01. The predicted octanol–water partition coefficient (Wildman–Crippen LogP) is 2.79. The van der Waals surface area contributed by atoms with Crippen molar-refractivity contribution in [2.75, 3.05) is 0 Å². The summed E-state index contributed by atoms with van der Waals surface area (Å²) < 4.78 is 27.2. The van der Waals surface area contributed by atoms with Gasteiger partial charge in [-0.25, -0.2) is 4.39 Å². The summed E-state index contributed by atoms with van der Waals surface area (Å²) in [5.74, 6) is 0.530. The molecule has 4 rings (SSSR count). The molecule has 0 heterocycles. The number of carbonyl (C=O) groups excluding carboxylic acids is 1. The van der Waals surface area contributed by atoms with Crippen molar-refractivity contribution >= 4 is 6.04 Å². The average molecular weight is 200 g/mol. The van der Waals surface area contributed by atoms with Gasteiger partial charge in [0.15, 0.2) is 0 Å². The summed E-state index contributed by atoms with van der Waals surface area (Å²) in [7, 11) is 0. The number of hydrogen-bond donors (Lipinski definition) is 0. The van der Waals surface area contributed by atoms with E-state index in [1.54, 1.807) is 0 Å². The molecule has 0 aromatic carbocycles. The van der Waals surface area contributed by atoms with Crippen molar-refractivity contribution in [1.82, 2.24) is 0 Å². The van der Waals surface area contributed by atoms with Crippen molar-refractivity contribution in [1.29, 1.82) is 0 Å². The Balaban J connectivity index is 2.00. The standard InChI is InChI=1S/C11H14F2O/c12-9(14)10-2-7-1-8(3-10)5-11(13,4-7)6-10/h7-8H,1-6H2. The van der Waals surface area contributed by atoms with Gasteiger partial charge in [-0.1, -0.05) is 0 Å². The quantitative estimate of drug-likeness (QED) is 0.595. The lowest BCUT2D eigenvalue weighted by atomic mass is 9.48.